The van der Waals surface area contributed by atoms with Crippen LogP contribution in [0, 0.1) is 5.13 Å². The Labute approximate surface area is 81.2 Å². The summed E-state index contributed by atoms with van der Waals surface area (Å²) in [5, 5.41) is 3.33. The first-order chi connectivity index (χ1) is 6.34. The van der Waals surface area contributed by atoms with Gasteiger partial charge in [-0.1, -0.05) is 28.3 Å². The van der Waals surface area contributed by atoms with Crippen molar-refractivity contribution in [2.75, 3.05) is 0 Å². The van der Waals surface area contributed by atoms with Crippen LogP contribution in [0.4, 0.5) is 4.39 Å². The number of hydrogen-bond acceptors (Lipinski definition) is 6. The van der Waals surface area contributed by atoms with Crippen LogP contribution in [0.2, 0.25) is 0 Å². The van der Waals surface area contributed by atoms with Gasteiger partial charge >= 0.3 is 0 Å². The Balaban J connectivity index is 1.93. The number of thioether (sulfide) groups is 1. The topological polar surface area (TPSA) is 51.8 Å². The largest absolute Gasteiger partial charge is 0.343 e. The van der Waals surface area contributed by atoms with Gasteiger partial charge in [-0.25, -0.2) is 4.98 Å². The highest BCUT2D eigenvalue weighted by molar-refractivity contribution is 8.00. The number of nitrogens with zero attached hydrogens (tertiary/aromatic N) is 3. The first-order valence-electron chi connectivity index (χ1n) is 3.34. The molecular weight excluding hydrogens is 213 g/mol. The molecule has 0 saturated carbocycles. The van der Waals surface area contributed by atoms with E-state index in [1.165, 1.54) is 24.4 Å². The summed E-state index contributed by atoms with van der Waals surface area (Å²) in [6.45, 7) is 0. The maximum Gasteiger partial charge on any atom is 0.213 e. The molecule has 0 radical (unpaired) electrons. The molecule has 0 aromatic carbocycles. The Kier molecular flexibility index (Phi) is 2.55. The molecular formula is C6H4FN3OS2. The molecule has 2 aromatic rings. The van der Waals surface area contributed by atoms with Gasteiger partial charge < -0.3 is 4.52 Å². The lowest BCUT2D eigenvalue weighted by Crippen LogP contribution is -1.81. The number of hydrogen-bond donors (Lipinski definition) is 0. The SMILES string of the molecule is Fc1cnc(SCc2ncon2)s1. The Hall–Kier alpha value is -0.950. The van der Waals surface area contributed by atoms with Gasteiger partial charge in [0.15, 0.2) is 15.3 Å². The fourth-order valence-electron chi connectivity index (χ4n) is 0.689. The van der Waals surface area contributed by atoms with Crippen LogP contribution in [0.25, 0.3) is 0 Å². The van der Waals surface area contributed by atoms with Gasteiger partial charge in [0.2, 0.25) is 6.39 Å². The summed E-state index contributed by atoms with van der Waals surface area (Å²) < 4.78 is 17.7. The van der Waals surface area contributed by atoms with E-state index in [2.05, 4.69) is 19.6 Å². The van der Waals surface area contributed by atoms with Gasteiger partial charge in [-0.2, -0.15) is 9.37 Å². The molecule has 0 amide bonds. The van der Waals surface area contributed by atoms with Crippen molar-refractivity contribution < 1.29 is 8.91 Å². The lowest BCUT2D eigenvalue weighted by atomic mass is 10.7. The summed E-state index contributed by atoms with van der Waals surface area (Å²) >= 11 is 2.39. The van der Waals surface area contributed by atoms with Crippen molar-refractivity contribution in [1.82, 2.24) is 15.1 Å². The van der Waals surface area contributed by atoms with E-state index >= 15 is 0 Å². The maximum absolute atomic E-state index is 12.5. The zero-order valence-corrected chi connectivity index (χ0v) is 7.94. The summed E-state index contributed by atoms with van der Waals surface area (Å²) in [7, 11) is 0. The second-order valence-corrected chi connectivity index (χ2v) is 4.27. The van der Waals surface area contributed by atoms with Crippen LogP contribution in [0.3, 0.4) is 0 Å². The normalized spacial score (nSPS) is 10.5. The molecule has 0 bridgehead atoms. The standard InChI is InChI=1S/C6H4FN3OS2/c7-4-1-8-6(13-4)12-2-5-9-3-11-10-5/h1,3H,2H2. The molecule has 2 rings (SSSR count). The quantitative estimate of drug-likeness (QED) is 0.735. The highest BCUT2D eigenvalue weighted by Gasteiger charge is 2.04. The molecule has 0 spiro atoms. The third-order valence-corrected chi connectivity index (χ3v) is 3.13. The van der Waals surface area contributed by atoms with Crippen molar-refractivity contribution in [3.05, 3.63) is 23.5 Å². The second kappa shape index (κ2) is 3.84. The minimum absolute atomic E-state index is 0.282. The van der Waals surface area contributed by atoms with Crippen molar-refractivity contribution in [3.63, 3.8) is 0 Å². The first-order valence-corrected chi connectivity index (χ1v) is 5.14. The van der Waals surface area contributed by atoms with Crippen LogP contribution in [0.1, 0.15) is 5.82 Å². The van der Waals surface area contributed by atoms with E-state index in [0.29, 0.717) is 15.9 Å². The summed E-state index contributed by atoms with van der Waals surface area (Å²) in [6.07, 6.45) is 2.46. The second-order valence-electron chi connectivity index (χ2n) is 2.07. The van der Waals surface area contributed by atoms with Gasteiger partial charge in [0.1, 0.15) is 0 Å². The summed E-state index contributed by atoms with van der Waals surface area (Å²) in [5.41, 5.74) is 0. The van der Waals surface area contributed by atoms with Crippen molar-refractivity contribution in [3.8, 4) is 0 Å². The van der Waals surface area contributed by atoms with E-state index < -0.39 is 0 Å². The molecule has 2 heterocycles. The fourth-order valence-corrected chi connectivity index (χ4v) is 2.22. The van der Waals surface area contributed by atoms with E-state index in [4.69, 9.17) is 0 Å². The average Bonchev–Trinajstić information content (AvgIpc) is 2.71. The molecule has 0 unspecified atom stereocenters. The third kappa shape index (κ3) is 2.25. The van der Waals surface area contributed by atoms with Gasteiger partial charge in [-0.05, 0) is 0 Å². The molecule has 0 aliphatic rings. The number of halogens is 1. The molecule has 0 atom stereocenters. The van der Waals surface area contributed by atoms with Crippen LogP contribution in [0.15, 0.2) is 21.5 Å². The van der Waals surface area contributed by atoms with Crippen LogP contribution < -0.4 is 0 Å². The number of thiazole rings is 1. The van der Waals surface area contributed by atoms with Crippen molar-refractivity contribution in [2.45, 2.75) is 10.1 Å². The predicted octanol–water partition coefficient (Wildman–Crippen LogP) is 1.96. The van der Waals surface area contributed by atoms with Crippen LogP contribution >= 0.6 is 23.1 Å². The molecule has 4 nitrogen and oxygen atoms in total. The Morgan fingerprint density at radius 1 is 1.54 bits per heavy atom. The minimum Gasteiger partial charge on any atom is -0.343 e. The van der Waals surface area contributed by atoms with Gasteiger partial charge in [0.05, 0.1) is 11.9 Å². The molecule has 13 heavy (non-hydrogen) atoms. The number of aromatic nitrogens is 3. The molecule has 0 saturated heterocycles. The van der Waals surface area contributed by atoms with Gasteiger partial charge in [0, 0.05) is 0 Å². The monoisotopic (exact) mass is 217 g/mol. The summed E-state index contributed by atoms with van der Waals surface area (Å²) in [6, 6.07) is 0. The van der Waals surface area contributed by atoms with Crippen LogP contribution in [-0.4, -0.2) is 15.1 Å². The van der Waals surface area contributed by atoms with E-state index in [9.17, 15) is 4.39 Å². The lowest BCUT2D eigenvalue weighted by Gasteiger charge is -1.88. The Bertz CT molecular complexity index is 375. The molecule has 68 valence electrons. The Morgan fingerprint density at radius 2 is 2.46 bits per heavy atom. The van der Waals surface area contributed by atoms with E-state index in [-0.39, 0.29) is 5.13 Å². The average molecular weight is 217 g/mol. The maximum atomic E-state index is 12.5. The van der Waals surface area contributed by atoms with E-state index in [1.54, 1.807) is 0 Å². The third-order valence-electron chi connectivity index (χ3n) is 1.19. The van der Waals surface area contributed by atoms with Crippen LogP contribution in [-0.2, 0) is 5.75 Å². The molecule has 0 aliphatic heterocycles. The summed E-state index contributed by atoms with van der Waals surface area (Å²) in [5.74, 6) is 1.13. The smallest absolute Gasteiger partial charge is 0.213 e. The van der Waals surface area contributed by atoms with E-state index in [0.717, 1.165) is 11.3 Å². The predicted molar refractivity (Wildman–Crippen MR) is 45.9 cm³/mol. The number of rotatable bonds is 3. The Morgan fingerprint density at radius 3 is 3.08 bits per heavy atom. The molecule has 7 heteroatoms. The van der Waals surface area contributed by atoms with E-state index in [1.807, 2.05) is 0 Å². The highest BCUT2D eigenvalue weighted by atomic mass is 32.2. The zero-order valence-electron chi connectivity index (χ0n) is 6.31. The minimum atomic E-state index is -0.282. The van der Waals surface area contributed by atoms with Gasteiger partial charge in [0.25, 0.3) is 0 Å². The first kappa shape index (κ1) is 8.64. The molecule has 0 N–H and O–H groups in total. The van der Waals surface area contributed by atoms with Crippen molar-refractivity contribution in [2.24, 2.45) is 0 Å². The van der Waals surface area contributed by atoms with Crippen LogP contribution in [0.5, 0.6) is 0 Å². The van der Waals surface area contributed by atoms with Crippen molar-refractivity contribution >= 4 is 23.1 Å². The molecule has 2 aromatic heterocycles. The zero-order chi connectivity index (χ0) is 9.10. The fraction of sp³-hybridized carbons (Fsp3) is 0.167. The van der Waals surface area contributed by atoms with Gasteiger partial charge in [-0.3, -0.25) is 0 Å². The van der Waals surface area contributed by atoms with Gasteiger partial charge in [-0.15, -0.1) is 0 Å². The lowest BCUT2D eigenvalue weighted by molar-refractivity contribution is 0.412. The molecule has 0 fully saturated rings. The highest BCUT2D eigenvalue weighted by Crippen LogP contribution is 2.25. The summed E-state index contributed by atoms with van der Waals surface area (Å²) in [4.78, 5) is 7.66. The molecule has 0 aliphatic carbocycles. The van der Waals surface area contributed by atoms with Crippen molar-refractivity contribution in [1.29, 1.82) is 0 Å².